The molecule has 17 heavy (non-hydrogen) atoms. The van der Waals surface area contributed by atoms with Crippen LogP contribution in [0.5, 0.6) is 0 Å². The van der Waals surface area contributed by atoms with E-state index in [1.807, 2.05) is 31.2 Å². The molecule has 0 aliphatic carbocycles. The van der Waals surface area contributed by atoms with E-state index in [9.17, 15) is 4.79 Å². The van der Waals surface area contributed by atoms with Gasteiger partial charge in [0.2, 0.25) is 0 Å². The highest BCUT2D eigenvalue weighted by Gasteiger charge is 2.13. The molecule has 3 nitrogen and oxygen atoms in total. The summed E-state index contributed by atoms with van der Waals surface area (Å²) in [4.78, 5) is 13.8. The van der Waals surface area contributed by atoms with Crippen molar-refractivity contribution < 1.29 is 9.90 Å². The second-order valence-electron chi connectivity index (χ2n) is 3.85. The molecular formula is C13H18BrNO2. The Morgan fingerprint density at radius 1 is 1.29 bits per heavy atom. The highest BCUT2D eigenvalue weighted by Crippen LogP contribution is 2.10. The van der Waals surface area contributed by atoms with Gasteiger partial charge < -0.3 is 10.0 Å². The van der Waals surface area contributed by atoms with Gasteiger partial charge in [-0.05, 0) is 24.1 Å². The van der Waals surface area contributed by atoms with E-state index in [0.29, 0.717) is 18.7 Å². The number of aliphatic hydroxyl groups is 1. The Kier molecular flexibility index (Phi) is 6.22. The lowest BCUT2D eigenvalue weighted by atomic mass is 10.1. The van der Waals surface area contributed by atoms with Gasteiger partial charge in [-0.3, -0.25) is 4.79 Å². The molecule has 0 aliphatic rings. The summed E-state index contributed by atoms with van der Waals surface area (Å²) in [6.07, 6.45) is 0.894. The van der Waals surface area contributed by atoms with Crippen LogP contribution in [0.1, 0.15) is 29.3 Å². The molecule has 1 rings (SSSR count). The molecule has 0 atom stereocenters. The Balaban J connectivity index is 2.77. The first kappa shape index (κ1) is 14.2. The zero-order valence-corrected chi connectivity index (χ0v) is 11.6. The van der Waals surface area contributed by atoms with Crippen LogP contribution in [0.2, 0.25) is 0 Å². The van der Waals surface area contributed by atoms with Gasteiger partial charge in [-0.2, -0.15) is 0 Å². The SMILES string of the molecule is CCCN(CCO)C(=O)c1ccc(CBr)cc1. The van der Waals surface area contributed by atoms with Gasteiger partial charge in [0.25, 0.3) is 5.91 Å². The van der Waals surface area contributed by atoms with Crippen molar-refractivity contribution in [3.8, 4) is 0 Å². The van der Waals surface area contributed by atoms with Crippen LogP contribution < -0.4 is 0 Å². The molecule has 4 heteroatoms. The highest BCUT2D eigenvalue weighted by atomic mass is 79.9. The van der Waals surface area contributed by atoms with Crippen molar-refractivity contribution in [1.82, 2.24) is 4.90 Å². The monoisotopic (exact) mass is 299 g/mol. The van der Waals surface area contributed by atoms with Crippen LogP contribution in [0, 0.1) is 0 Å². The summed E-state index contributed by atoms with van der Waals surface area (Å²) in [5.74, 6) is -0.0120. The highest BCUT2D eigenvalue weighted by molar-refractivity contribution is 9.08. The van der Waals surface area contributed by atoms with Crippen molar-refractivity contribution in [2.45, 2.75) is 18.7 Å². The molecule has 1 amide bonds. The summed E-state index contributed by atoms with van der Waals surface area (Å²) in [7, 11) is 0. The first-order valence-corrected chi connectivity index (χ1v) is 6.90. The molecule has 0 heterocycles. The Labute approximate surface area is 111 Å². The third-order valence-corrected chi connectivity index (χ3v) is 3.15. The number of benzene rings is 1. The molecule has 0 radical (unpaired) electrons. The number of hydrogen-bond acceptors (Lipinski definition) is 2. The third kappa shape index (κ3) is 4.13. The van der Waals surface area contributed by atoms with Crippen LogP contribution >= 0.6 is 15.9 Å². The van der Waals surface area contributed by atoms with Gasteiger partial charge in [-0.15, -0.1) is 0 Å². The van der Waals surface area contributed by atoms with Crippen LogP contribution in [0.3, 0.4) is 0 Å². The quantitative estimate of drug-likeness (QED) is 0.820. The normalized spacial score (nSPS) is 10.3. The Bertz CT molecular complexity index is 345. The molecule has 0 spiro atoms. The summed E-state index contributed by atoms with van der Waals surface area (Å²) in [6, 6.07) is 7.54. The lowest BCUT2D eigenvalue weighted by Crippen LogP contribution is -2.34. The average Bonchev–Trinajstić information content (AvgIpc) is 2.38. The fraction of sp³-hybridized carbons (Fsp3) is 0.462. The first-order chi connectivity index (χ1) is 8.22. The fourth-order valence-corrected chi connectivity index (χ4v) is 2.00. The van der Waals surface area contributed by atoms with E-state index < -0.39 is 0 Å². The third-order valence-electron chi connectivity index (χ3n) is 2.51. The largest absolute Gasteiger partial charge is 0.395 e. The van der Waals surface area contributed by atoms with Crippen LogP contribution in [-0.2, 0) is 5.33 Å². The van der Waals surface area contributed by atoms with Crippen molar-refractivity contribution in [2.24, 2.45) is 0 Å². The molecule has 1 aromatic rings. The van der Waals surface area contributed by atoms with Crippen molar-refractivity contribution >= 4 is 21.8 Å². The van der Waals surface area contributed by atoms with Gasteiger partial charge in [0.05, 0.1) is 6.61 Å². The second kappa shape index (κ2) is 7.45. The smallest absolute Gasteiger partial charge is 0.253 e. The summed E-state index contributed by atoms with van der Waals surface area (Å²) in [5, 5.41) is 9.73. The molecule has 0 unspecified atom stereocenters. The van der Waals surface area contributed by atoms with E-state index in [0.717, 1.165) is 17.3 Å². The number of aliphatic hydroxyl groups excluding tert-OH is 1. The maximum atomic E-state index is 12.1. The molecular weight excluding hydrogens is 282 g/mol. The molecule has 94 valence electrons. The van der Waals surface area contributed by atoms with E-state index in [1.54, 1.807) is 4.90 Å². The summed E-state index contributed by atoms with van der Waals surface area (Å²) in [6.45, 7) is 3.10. The van der Waals surface area contributed by atoms with Crippen molar-refractivity contribution in [3.05, 3.63) is 35.4 Å². The minimum Gasteiger partial charge on any atom is -0.395 e. The van der Waals surface area contributed by atoms with Crippen molar-refractivity contribution in [3.63, 3.8) is 0 Å². The van der Waals surface area contributed by atoms with Crippen LogP contribution in [0.25, 0.3) is 0 Å². The van der Waals surface area contributed by atoms with Gasteiger partial charge in [0, 0.05) is 24.0 Å². The minimum absolute atomic E-state index is 0.00518. The second-order valence-corrected chi connectivity index (χ2v) is 4.41. The number of carbonyl (C=O) groups excluding carboxylic acids is 1. The Hall–Kier alpha value is -0.870. The predicted molar refractivity (Wildman–Crippen MR) is 72.4 cm³/mol. The zero-order valence-electron chi connectivity index (χ0n) is 10.0. The van der Waals surface area contributed by atoms with E-state index >= 15 is 0 Å². The Morgan fingerprint density at radius 3 is 2.41 bits per heavy atom. The first-order valence-electron chi connectivity index (χ1n) is 5.78. The van der Waals surface area contributed by atoms with E-state index in [-0.39, 0.29) is 12.5 Å². The maximum Gasteiger partial charge on any atom is 0.253 e. The molecule has 0 aromatic heterocycles. The summed E-state index contributed by atoms with van der Waals surface area (Å²) in [5.41, 5.74) is 1.82. The molecule has 0 aliphatic heterocycles. The number of amides is 1. The molecule has 0 saturated carbocycles. The maximum absolute atomic E-state index is 12.1. The average molecular weight is 300 g/mol. The lowest BCUT2D eigenvalue weighted by molar-refractivity contribution is 0.0722. The van der Waals surface area contributed by atoms with Gasteiger partial charge in [-0.1, -0.05) is 35.0 Å². The topological polar surface area (TPSA) is 40.5 Å². The zero-order chi connectivity index (χ0) is 12.7. The van der Waals surface area contributed by atoms with Gasteiger partial charge >= 0.3 is 0 Å². The van der Waals surface area contributed by atoms with E-state index in [4.69, 9.17) is 5.11 Å². The fourth-order valence-electron chi connectivity index (χ4n) is 1.62. The van der Waals surface area contributed by atoms with Crippen molar-refractivity contribution in [1.29, 1.82) is 0 Å². The van der Waals surface area contributed by atoms with E-state index in [2.05, 4.69) is 15.9 Å². The van der Waals surface area contributed by atoms with Crippen LogP contribution in [0.4, 0.5) is 0 Å². The number of rotatable bonds is 6. The standard InChI is InChI=1S/C13H18BrNO2/c1-2-7-15(8-9-16)13(17)12-5-3-11(10-14)4-6-12/h3-6,16H,2,7-10H2,1H3. The number of alkyl halides is 1. The molecule has 1 N–H and O–H groups in total. The molecule has 0 fully saturated rings. The van der Waals surface area contributed by atoms with Gasteiger partial charge in [-0.25, -0.2) is 0 Å². The summed E-state index contributed by atoms with van der Waals surface area (Å²) >= 11 is 3.37. The van der Waals surface area contributed by atoms with E-state index in [1.165, 1.54) is 0 Å². The number of hydrogen-bond donors (Lipinski definition) is 1. The number of halogens is 1. The van der Waals surface area contributed by atoms with Gasteiger partial charge in [0.1, 0.15) is 0 Å². The molecule has 1 aromatic carbocycles. The predicted octanol–water partition coefficient (Wildman–Crippen LogP) is 2.43. The number of nitrogens with zero attached hydrogens (tertiary/aromatic N) is 1. The van der Waals surface area contributed by atoms with Gasteiger partial charge in [0.15, 0.2) is 0 Å². The van der Waals surface area contributed by atoms with Crippen molar-refractivity contribution in [2.75, 3.05) is 19.7 Å². The molecule has 0 saturated heterocycles. The lowest BCUT2D eigenvalue weighted by Gasteiger charge is -2.21. The van der Waals surface area contributed by atoms with Crippen LogP contribution in [-0.4, -0.2) is 35.6 Å². The molecule has 0 bridgehead atoms. The Morgan fingerprint density at radius 2 is 1.94 bits per heavy atom. The number of carbonyl (C=O) groups is 1. The summed E-state index contributed by atoms with van der Waals surface area (Å²) < 4.78 is 0. The van der Waals surface area contributed by atoms with Crippen LogP contribution in [0.15, 0.2) is 24.3 Å². The minimum atomic E-state index is -0.0120.